The maximum Gasteiger partial charge on any atom is 0.321 e. The summed E-state index contributed by atoms with van der Waals surface area (Å²) in [5.41, 5.74) is 8.94. The van der Waals surface area contributed by atoms with E-state index in [1.807, 2.05) is 32.2 Å². The normalized spacial score (nSPS) is 14.6. The van der Waals surface area contributed by atoms with E-state index in [4.69, 9.17) is 10.8 Å². The third kappa shape index (κ3) is 2.11. The summed E-state index contributed by atoms with van der Waals surface area (Å²) < 4.78 is 0. The average Bonchev–Trinajstić information content (AvgIpc) is 2.73. The summed E-state index contributed by atoms with van der Waals surface area (Å²) in [5, 5.41) is 10.1. The number of aromatic nitrogens is 1. The van der Waals surface area contributed by atoms with Crippen LogP contribution in [-0.2, 0) is 4.79 Å². The molecular weight excluding hydrogens is 228 g/mol. The Morgan fingerprint density at radius 2 is 2.22 bits per heavy atom. The molecule has 96 valence electrons. The molecule has 2 atom stereocenters. The monoisotopic (exact) mass is 246 g/mol. The van der Waals surface area contributed by atoms with Gasteiger partial charge in [0, 0.05) is 23.0 Å². The molecule has 0 unspecified atom stereocenters. The summed E-state index contributed by atoms with van der Waals surface area (Å²) in [7, 11) is 0. The standard InChI is InChI=1S/C14H18N2O2/c1-3-9(13(15)14(17)18)11-7-16-12-5-4-8(2)6-10(11)12/h4-7,9,13,16H,3,15H2,1-2H3,(H,17,18)/t9-,13-/m0/s1. The Bertz CT molecular complexity index is 574. The number of hydrogen-bond donors (Lipinski definition) is 3. The Morgan fingerprint density at radius 1 is 1.50 bits per heavy atom. The maximum absolute atomic E-state index is 11.1. The van der Waals surface area contributed by atoms with Crippen LogP contribution in [0, 0.1) is 6.92 Å². The number of fused-ring (bicyclic) bond motifs is 1. The second kappa shape index (κ2) is 4.82. The number of aromatic amines is 1. The van der Waals surface area contributed by atoms with Crippen molar-refractivity contribution in [1.29, 1.82) is 0 Å². The number of nitrogens with one attached hydrogen (secondary N) is 1. The van der Waals surface area contributed by atoms with Crippen LogP contribution in [0.25, 0.3) is 10.9 Å². The second-order valence-electron chi connectivity index (χ2n) is 4.67. The molecule has 0 aliphatic rings. The number of carbonyl (C=O) groups is 1. The predicted molar refractivity (Wildman–Crippen MR) is 71.7 cm³/mol. The van der Waals surface area contributed by atoms with Crippen molar-refractivity contribution < 1.29 is 9.90 Å². The van der Waals surface area contributed by atoms with Crippen molar-refractivity contribution in [3.63, 3.8) is 0 Å². The molecule has 2 rings (SSSR count). The van der Waals surface area contributed by atoms with E-state index in [1.54, 1.807) is 0 Å². The van der Waals surface area contributed by atoms with Crippen LogP contribution in [0.2, 0.25) is 0 Å². The molecule has 0 aliphatic heterocycles. The van der Waals surface area contributed by atoms with Crippen LogP contribution in [0.15, 0.2) is 24.4 Å². The number of aliphatic carboxylic acids is 1. The summed E-state index contributed by atoms with van der Waals surface area (Å²) in [6.45, 7) is 3.98. The van der Waals surface area contributed by atoms with Crippen molar-refractivity contribution >= 4 is 16.9 Å². The molecule has 1 aromatic heterocycles. The van der Waals surface area contributed by atoms with Crippen molar-refractivity contribution in [2.45, 2.75) is 32.2 Å². The molecule has 4 heteroatoms. The maximum atomic E-state index is 11.1. The average molecular weight is 246 g/mol. The first-order valence-corrected chi connectivity index (χ1v) is 6.10. The largest absolute Gasteiger partial charge is 0.480 e. The van der Waals surface area contributed by atoms with Gasteiger partial charge >= 0.3 is 5.97 Å². The molecule has 0 radical (unpaired) electrons. The Hall–Kier alpha value is -1.81. The lowest BCUT2D eigenvalue weighted by atomic mass is 9.89. The van der Waals surface area contributed by atoms with Crippen molar-refractivity contribution in [1.82, 2.24) is 4.98 Å². The van der Waals surface area contributed by atoms with E-state index in [-0.39, 0.29) is 5.92 Å². The number of carboxylic acids is 1. The highest BCUT2D eigenvalue weighted by molar-refractivity contribution is 5.86. The first kappa shape index (κ1) is 12.6. The van der Waals surface area contributed by atoms with E-state index >= 15 is 0 Å². The molecular formula is C14H18N2O2. The molecule has 0 bridgehead atoms. The zero-order chi connectivity index (χ0) is 13.3. The van der Waals surface area contributed by atoms with E-state index < -0.39 is 12.0 Å². The molecule has 0 amide bonds. The van der Waals surface area contributed by atoms with Crippen molar-refractivity contribution in [2.75, 3.05) is 0 Å². The molecule has 18 heavy (non-hydrogen) atoms. The van der Waals surface area contributed by atoms with Crippen LogP contribution >= 0.6 is 0 Å². The van der Waals surface area contributed by atoms with Gasteiger partial charge < -0.3 is 15.8 Å². The first-order valence-electron chi connectivity index (χ1n) is 6.10. The quantitative estimate of drug-likeness (QED) is 0.775. The minimum Gasteiger partial charge on any atom is -0.480 e. The number of rotatable bonds is 4. The van der Waals surface area contributed by atoms with Gasteiger partial charge in [-0.2, -0.15) is 0 Å². The molecule has 2 aromatic rings. The Kier molecular flexibility index (Phi) is 3.39. The van der Waals surface area contributed by atoms with Gasteiger partial charge in [-0.25, -0.2) is 0 Å². The molecule has 0 spiro atoms. The van der Waals surface area contributed by atoms with E-state index in [0.29, 0.717) is 6.42 Å². The molecule has 0 saturated heterocycles. The van der Waals surface area contributed by atoms with E-state index in [2.05, 4.69) is 11.1 Å². The number of aryl methyl sites for hydroxylation is 1. The van der Waals surface area contributed by atoms with Gasteiger partial charge in [0.15, 0.2) is 0 Å². The topological polar surface area (TPSA) is 79.1 Å². The number of H-pyrrole nitrogens is 1. The van der Waals surface area contributed by atoms with Gasteiger partial charge in [-0.1, -0.05) is 18.6 Å². The zero-order valence-corrected chi connectivity index (χ0v) is 10.6. The van der Waals surface area contributed by atoms with Crippen LogP contribution in [0.4, 0.5) is 0 Å². The van der Waals surface area contributed by atoms with E-state index in [9.17, 15) is 4.79 Å². The van der Waals surface area contributed by atoms with Gasteiger partial charge in [-0.3, -0.25) is 4.79 Å². The summed E-state index contributed by atoms with van der Waals surface area (Å²) in [6.07, 6.45) is 2.58. The number of carboxylic acid groups (broad SMARTS) is 1. The lowest BCUT2D eigenvalue weighted by Gasteiger charge is -2.18. The zero-order valence-electron chi connectivity index (χ0n) is 10.6. The summed E-state index contributed by atoms with van der Waals surface area (Å²) in [4.78, 5) is 14.2. The van der Waals surface area contributed by atoms with Crippen LogP contribution in [0.3, 0.4) is 0 Å². The van der Waals surface area contributed by atoms with E-state index in [0.717, 1.165) is 22.0 Å². The SMILES string of the molecule is CC[C@@H](c1c[nH]c2ccc(C)cc12)[C@H](N)C(=O)O. The molecule has 4 N–H and O–H groups in total. The number of benzene rings is 1. The highest BCUT2D eigenvalue weighted by Crippen LogP contribution is 2.30. The minimum atomic E-state index is -0.955. The Morgan fingerprint density at radius 3 is 2.83 bits per heavy atom. The van der Waals surface area contributed by atoms with Gasteiger partial charge in [0.05, 0.1) is 0 Å². The van der Waals surface area contributed by atoms with Gasteiger partial charge in [-0.15, -0.1) is 0 Å². The van der Waals surface area contributed by atoms with Gasteiger partial charge in [0.25, 0.3) is 0 Å². The lowest BCUT2D eigenvalue weighted by Crippen LogP contribution is -2.36. The third-order valence-electron chi connectivity index (χ3n) is 3.43. The highest BCUT2D eigenvalue weighted by atomic mass is 16.4. The number of nitrogens with two attached hydrogens (primary N) is 1. The Balaban J connectivity index is 2.51. The third-order valence-corrected chi connectivity index (χ3v) is 3.43. The smallest absolute Gasteiger partial charge is 0.321 e. The Labute approximate surface area is 106 Å². The van der Waals surface area contributed by atoms with Crippen molar-refractivity contribution in [3.05, 3.63) is 35.5 Å². The molecule has 0 fully saturated rings. The molecule has 1 heterocycles. The molecule has 0 saturated carbocycles. The fourth-order valence-corrected chi connectivity index (χ4v) is 2.40. The van der Waals surface area contributed by atoms with E-state index in [1.165, 1.54) is 0 Å². The predicted octanol–water partition coefficient (Wildman–Crippen LogP) is 2.38. The van der Waals surface area contributed by atoms with Gasteiger partial charge in [0.2, 0.25) is 0 Å². The summed E-state index contributed by atoms with van der Waals surface area (Å²) in [5.74, 6) is -1.12. The van der Waals surface area contributed by atoms with Crippen molar-refractivity contribution in [2.24, 2.45) is 5.73 Å². The van der Waals surface area contributed by atoms with Gasteiger partial charge in [-0.05, 0) is 31.0 Å². The van der Waals surface area contributed by atoms with Crippen LogP contribution in [0.5, 0.6) is 0 Å². The summed E-state index contributed by atoms with van der Waals surface area (Å²) >= 11 is 0. The summed E-state index contributed by atoms with van der Waals surface area (Å²) in [6, 6.07) is 5.24. The minimum absolute atomic E-state index is 0.168. The molecule has 1 aromatic carbocycles. The fraction of sp³-hybridized carbons (Fsp3) is 0.357. The lowest BCUT2D eigenvalue weighted by molar-refractivity contribution is -0.139. The highest BCUT2D eigenvalue weighted by Gasteiger charge is 2.26. The molecule has 0 aliphatic carbocycles. The van der Waals surface area contributed by atoms with Gasteiger partial charge in [0.1, 0.15) is 6.04 Å². The van der Waals surface area contributed by atoms with Crippen molar-refractivity contribution in [3.8, 4) is 0 Å². The first-order chi connectivity index (χ1) is 8.54. The van der Waals surface area contributed by atoms with Crippen LogP contribution < -0.4 is 5.73 Å². The second-order valence-corrected chi connectivity index (χ2v) is 4.67. The number of hydrogen-bond acceptors (Lipinski definition) is 2. The van der Waals surface area contributed by atoms with Crippen LogP contribution in [0.1, 0.15) is 30.4 Å². The van der Waals surface area contributed by atoms with Crippen LogP contribution in [-0.4, -0.2) is 22.1 Å². The molecule has 4 nitrogen and oxygen atoms in total. The fourth-order valence-electron chi connectivity index (χ4n) is 2.40.